The van der Waals surface area contributed by atoms with Gasteiger partial charge in [-0.1, -0.05) is 29.8 Å². The topological polar surface area (TPSA) is 32.8 Å². The SMILES string of the molecule is CN1C(=O)/C(=C/c2ccc(OCc3cccc(F)c3)c(Cl)c2)N(C)C1=S. The van der Waals surface area contributed by atoms with Crippen LogP contribution in [0, 0.1) is 5.82 Å². The highest BCUT2D eigenvalue weighted by atomic mass is 35.5. The third kappa shape index (κ3) is 3.71. The van der Waals surface area contributed by atoms with Gasteiger partial charge in [-0.25, -0.2) is 4.39 Å². The van der Waals surface area contributed by atoms with Gasteiger partial charge in [-0.15, -0.1) is 0 Å². The second-order valence-electron chi connectivity index (χ2n) is 5.84. The number of carbonyl (C=O) groups excluding carboxylic acids is 1. The number of thiocarbonyl (C=S) groups is 1. The zero-order chi connectivity index (χ0) is 18.8. The van der Waals surface area contributed by atoms with Crippen molar-refractivity contribution in [3.05, 3.63) is 70.1 Å². The maximum absolute atomic E-state index is 13.2. The molecule has 0 aromatic heterocycles. The van der Waals surface area contributed by atoms with Gasteiger partial charge in [0, 0.05) is 14.1 Å². The molecule has 0 aliphatic carbocycles. The second kappa shape index (κ2) is 7.43. The molecule has 7 heteroatoms. The Morgan fingerprint density at radius 1 is 1.19 bits per heavy atom. The van der Waals surface area contributed by atoms with Crippen LogP contribution in [0.4, 0.5) is 4.39 Å². The Hall–Kier alpha value is -2.44. The molecule has 2 aromatic rings. The minimum absolute atomic E-state index is 0.167. The van der Waals surface area contributed by atoms with Crippen molar-refractivity contribution in [2.24, 2.45) is 0 Å². The van der Waals surface area contributed by atoms with Crippen LogP contribution >= 0.6 is 23.8 Å². The van der Waals surface area contributed by atoms with E-state index in [9.17, 15) is 9.18 Å². The second-order valence-corrected chi connectivity index (χ2v) is 6.62. The maximum Gasteiger partial charge on any atom is 0.276 e. The molecule has 1 heterocycles. The lowest BCUT2D eigenvalue weighted by Crippen LogP contribution is -2.26. The number of likely N-dealkylation sites (N-methyl/N-ethyl adjacent to an activating group) is 2. The van der Waals surface area contributed by atoms with Gasteiger partial charge in [-0.2, -0.15) is 0 Å². The van der Waals surface area contributed by atoms with Crippen LogP contribution in [0.15, 0.2) is 48.2 Å². The fourth-order valence-corrected chi connectivity index (χ4v) is 2.98. The van der Waals surface area contributed by atoms with Crippen molar-refractivity contribution < 1.29 is 13.9 Å². The van der Waals surface area contributed by atoms with Gasteiger partial charge in [0.25, 0.3) is 5.91 Å². The first-order valence-electron chi connectivity index (χ1n) is 7.81. The van der Waals surface area contributed by atoms with E-state index in [4.69, 9.17) is 28.6 Å². The van der Waals surface area contributed by atoms with E-state index in [0.29, 0.717) is 27.1 Å². The van der Waals surface area contributed by atoms with Crippen molar-refractivity contribution in [2.75, 3.05) is 14.1 Å². The van der Waals surface area contributed by atoms with Crippen LogP contribution in [0.1, 0.15) is 11.1 Å². The molecule has 0 radical (unpaired) electrons. The van der Waals surface area contributed by atoms with E-state index in [1.165, 1.54) is 17.0 Å². The summed E-state index contributed by atoms with van der Waals surface area (Å²) in [5, 5.41) is 0.849. The van der Waals surface area contributed by atoms with Gasteiger partial charge in [0.15, 0.2) is 5.11 Å². The summed E-state index contributed by atoms with van der Waals surface area (Å²) in [5.74, 6) is 0.00396. The maximum atomic E-state index is 13.2. The average molecular weight is 391 g/mol. The smallest absolute Gasteiger partial charge is 0.276 e. The summed E-state index contributed by atoms with van der Waals surface area (Å²) in [6, 6.07) is 11.4. The van der Waals surface area contributed by atoms with E-state index in [1.807, 2.05) is 0 Å². The van der Waals surface area contributed by atoms with E-state index in [-0.39, 0.29) is 18.3 Å². The van der Waals surface area contributed by atoms with E-state index < -0.39 is 0 Å². The van der Waals surface area contributed by atoms with Gasteiger partial charge in [0.1, 0.15) is 23.9 Å². The number of benzene rings is 2. The van der Waals surface area contributed by atoms with Crippen molar-refractivity contribution in [3.8, 4) is 5.75 Å². The lowest BCUT2D eigenvalue weighted by atomic mass is 10.1. The predicted molar refractivity (Wildman–Crippen MR) is 103 cm³/mol. The molecule has 26 heavy (non-hydrogen) atoms. The molecular weight excluding hydrogens is 375 g/mol. The van der Waals surface area contributed by atoms with Crippen molar-refractivity contribution in [1.29, 1.82) is 0 Å². The highest BCUT2D eigenvalue weighted by Gasteiger charge is 2.32. The van der Waals surface area contributed by atoms with Crippen LogP contribution in [0.2, 0.25) is 5.02 Å². The van der Waals surface area contributed by atoms with Gasteiger partial charge in [-0.05, 0) is 53.7 Å². The van der Waals surface area contributed by atoms with Gasteiger partial charge in [-0.3, -0.25) is 9.69 Å². The Labute approximate surface area is 161 Å². The molecular formula is C19H16ClFN2O2S. The summed E-state index contributed by atoms with van der Waals surface area (Å²) in [7, 11) is 3.38. The molecule has 1 saturated heterocycles. The minimum atomic E-state index is -0.313. The molecule has 0 saturated carbocycles. The standard InChI is InChI=1S/C19H16ClFN2O2S/c1-22-16(18(24)23(2)19(22)26)10-12-6-7-17(15(20)9-12)25-11-13-4-3-5-14(21)8-13/h3-10H,11H2,1-2H3/b16-10-. The van der Waals surface area contributed by atoms with Crippen molar-refractivity contribution in [2.45, 2.75) is 6.61 Å². The van der Waals surface area contributed by atoms with Crippen molar-refractivity contribution >= 4 is 40.9 Å². The molecule has 2 aromatic carbocycles. The van der Waals surface area contributed by atoms with Crippen molar-refractivity contribution in [3.63, 3.8) is 0 Å². The lowest BCUT2D eigenvalue weighted by molar-refractivity contribution is -0.121. The third-order valence-electron chi connectivity index (χ3n) is 4.00. The molecule has 0 spiro atoms. The molecule has 0 bridgehead atoms. The van der Waals surface area contributed by atoms with E-state index in [1.54, 1.807) is 55.4 Å². The number of halogens is 2. The zero-order valence-corrected chi connectivity index (χ0v) is 15.8. The largest absolute Gasteiger partial charge is 0.487 e. The first-order valence-corrected chi connectivity index (χ1v) is 8.59. The highest BCUT2D eigenvalue weighted by molar-refractivity contribution is 7.80. The minimum Gasteiger partial charge on any atom is -0.487 e. The van der Waals surface area contributed by atoms with E-state index in [2.05, 4.69) is 0 Å². The first-order chi connectivity index (χ1) is 12.4. The van der Waals surface area contributed by atoms with E-state index >= 15 is 0 Å². The fraction of sp³-hybridized carbons (Fsp3) is 0.158. The van der Waals surface area contributed by atoms with Crippen LogP contribution in [-0.4, -0.2) is 34.9 Å². The monoisotopic (exact) mass is 390 g/mol. The number of ether oxygens (including phenoxy) is 1. The Bertz CT molecular complexity index is 916. The quantitative estimate of drug-likeness (QED) is 0.581. The lowest BCUT2D eigenvalue weighted by Gasteiger charge is -2.11. The molecule has 1 amide bonds. The molecule has 3 rings (SSSR count). The summed E-state index contributed by atoms with van der Waals surface area (Å²) in [5.41, 5.74) is 1.94. The van der Waals surface area contributed by atoms with Crippen LogP contribution < -0.4 is 4.74 Å². The normalized spacial score (nSPS) is 15.9. The number of hydrogen-bond donors (Lipinski definition) is 0. The number of carbonyl (C=O) groups is 1. The summed E-state index contributed by atoms with van der Waals surface area (Å²) in [6.07, 6.45) is 1.72. The molecule has 0 atom stereocenters. The molecule has 1 aliphatic rings. The molecule has 4 nitrogen and oxygen atoms in total. The zero-order valence-electron chi connectivity index (χ0n) is 14.2. The first kappa shape index (κ1) is 18.4. The fourth-order valence-electron chi connectivity index (χ4n) is 2.56. The Morgan fingerprint density at radius 3 is 2.58 bits per heavy atom. The summed E-state index contributed by atoms with van der Waals surface area (Å²) < 4.78 is 18.9. The molecule has 0 unspecified atom stereocenters. The Morgan fingerprint density at radius 2 is 1.96 bits per heavy atom. The number of amides is 1. The van der Waals surface area contributed by atoms with Crippen LogP contribution in [0.3, 0.4) is 0 Å². The van der Waals surface area contributed by atoms with Crippen LogP contribution in [0.25, 0.3) is 6.08 Å². The van der Waals surface area contributed by atoms with Crippen LogP contribution in [0.5, 0.6) is 5.75 Å². The van der Waals surface area contributed by atoms with Gasteiger partial charge < -0.3 is 9.64 Å². The number of hydrogen-bond acceptors (Lipinski definition) is 3. The Balaban J connectivity index is 1.76. The molecule has 1 fully saturated rings. The average Bonchev–Trinajstić information content (AvgIpc) is 2.79. The highest BCUT2D eigenvalue weighted by Crippen LogP contribution is 2.28. The van der Waals surface area contributed by atoms with Gasteiger partial charge >= 0.3 is 0 Å². The summed E-state index contributed by atoms with van der Waals surface area (Å²) in [4.78, 5) is 15.3. The molecule has 0 N–H and O–H groups in total. The number of rotatable bonds is 4. The molecule has 134 valence electrons. The Kier molecular flexibility index (Phi) is 5.25. The number of nitrogens with zero attached hydrogens (tertiary/aromatic N) is 2. The predicted octanol–water partition coefficient (Wildman–Crippen LogP) is 4.09. The summed E-state index contributed by atoms with van der Waals surface area (Å²) in [6.45, 7) is 0.207. The van der Waals surface area contributed by atoms with Gasteiger partial charge in [0.05, 0.1) is 5.02 Å². The van der Waals surface area contributed by atoms with Gasteiger partial charge in [0.2, 0.25) is 0 Å². The molecule has 1 aliphatic heterocycles. The third-order valence-corrected chi connectivity index (χ3v) is 4.84. The van der Waals surface area contributed by atoms with Crippen molar-refractivity contribution in [1.82, 2.24) is 9.80 Å². The van der Waals surface area contributed by atoms with Crippen LogP contribution in [-0.2, 0) is 11.4 Å². The summed E-state index contributed by atoms with van der Waals surface area (Å²) >= 11 is 11.5. The van der Waals surface area contributed by atoms with E-state index in [0.717, 1.165) is 5.56 Å².